The van der Waals surface area contributed by atoms with Crippen LogP contribution in [0.2, 0.25) is 0 Å². The summed E-state index contributed by atoms with van der Waals surface area (Å²) in [5.74, 6) is 0.0547. The van der Waals surface area contributed by atoms with Gasteiger partial charge in [0, 0.05) is 18.5 Å². The maximum atomic E-state index is 12.7. The van der Waals surface area contributed by atoms with Gasteiger partial charge in [-0.15, -0.1) is 0 Å². The van der Waals surface area contributed by atoms with Crippen molar-refractivity contribution in [3.05, 3.63) is 16.0 Å². The highest BCUT2D eigenvalue weighted by atomic mass is 79.9. The third kappa shape index (κ3) is 5.29. The molecule has 1 unspecified atom stereocenters. The Morgan fingerprint density at radius 1 is 1.34 bits per heavy atom. The topological polar surface area (TPSA) is 100.0 Å². The van der Waals surface area contributed by atoms with Crippen LogP contribution in [0.5, 0.6) is 0 Å². The largest absolute Gasteiger partial charge is 0.591 e. The summed E-state index contributed by atoms with van der Waals surface area (Å²) in [6.07, 6.45) is 1.14. The molecular formula is C22H33BrN4O4S. The van der Waals surface area contributed by atoms with Crippen molar-refractivity contribution in [2.75, 3.05) is 24.6 Å². The molecule has 1 spiro atoms. The van der Waals surface area contributed by atoms with Crippen molar-refractivity contribution in [1.82, 2.24) is 9.97 Å². The third-order valence-corrected chi connectivity index (χ3v) is 7.95. The minimum Gasteiger partial charge on any atom is -0.591 e. The summed E-state index contributed by atoms with van der Waals surface area (Å²) in [6.45, 7) is 15.1. The molecule has 0 bridgehead atoms. The van der Waals surface area contributed by atoms with Gasteiger partial charge in [-0.2, -0.15) is 0 Å². The molecule has 3 heterocycles. The molecule has 2 aliphatic rings. The fraction of sp³-hybridized carbons (Fsp3) is 0.727. The molecule has 2 saturated heterocycles. The van der Waals surface area contributed by atoms with Crippen LogP contribution in [0, 0.1) is 12.3 Å². The van der Waals surface area contributed by atoms with Crippen LogP contribution >= 0.6 is 15.9 Å². The number of esters is 1. The molecule has 8 nitrogen and oxygen atoms in total. The van der Waals surface area contributed by atoms with E-state index < -0.39 is 22.1 Å². The van der Waals surface area contributed by atoms with Gasteiger partial charge in [0.25, 0.3) is 0 Å². The number of hydrogen-bond donors (Lipinski definition) is 0. The molecule has 0 aromatic carbocycles. The Morgan fingerprint density at radius 3 is 2.53 bits per heavy atom. The fourth-order valence-corrected chi connectivity index (χ4v) is 4.99. The number of rotatable bonds is 4. The summed E-state index contributed by atoms with van der Waals surface area (Å²) < 4.78 is 28.9. The molecular weight excluding hydrogens is 496 g/mol. The molecule has 2 fully saturated rings. The van der Waals surface area contributed by atoms with Gasteiger partial charge >= 0.3 is 5.97 Å². The number of piperidine rings is 1. The van der Waals surface area contributed by atoms with Crippen molar-refractivity contribution < 1.29 is 18.8 Å². The second-order valence-electron chi connectivity index (χ2n) is 9.78. The van der Waals surface area contributed by atoms with Gasteiger partial charge in [0.05, 0.1) is 24.5 Å². The first-order valence-electron chi connectivity index (χ1n) is 11.0. The zero-order chi connectivity index (χ0) is 23.8. The van der Waals surface area contributed by atoms with E-state index in [2.05, 4.69) is 35.2 Å². The molecule has 2 aliphatic heterocycles. The summed E-state index contributed by atoms with van der Waals surface area (Å²) in [5.41, 5.74) is 1.57. The molecule has 2 atom stereocenters. The Morgan fingerprint density at radius 2 is 1.97 bits per heavy atom. The van der Waals surface area contributed by atoms with Crippen molar-refractivity contribution in [2.24, 2.45) is 9.81 Å². The minimum absolute atomic E-state index is 0.154. The van der Waals surface area contributed by atoms with E-state index in [9.17, 15) is 9.35 Å². The zero-order valence-electron chi connectivity index (χ0n) is 19.9. The van der Waals surface area contributed by atoms with Gasteiger partial charge in [-0.3, -0.25) is 0 Å². The van der Waals surface area contributed by atoms with Crippen LogP contribution in [-0.4, -0.2) is 62.9 Å². The maximum absolute atomic E-state index is 12.7. The lowest BCUT2D eigenvalue weighted by atomic mass is 9.75. The highest BCUT2D eigenvalue weighted by molar-refractivity contribution is 9.10. The summed E-state index contributed by atoms with van der Waals surface area (Å²) >= 11 is 2.04. The van der Waals surface area contributed by atoms with Crippen molar-refractivity contribution in [3.8, 4) is 0 Å². The molecule has 1 aromatic rings. The van der Waals surface area contributed by atoms with Crippen molar-refractivity contribution in [1.29, 1.82) is 0 Å². The van der Waals surface area contributed by atoms with Crippen LogP contribution in [0.1, 0.15) is 70.6 Å². The van der Waals surface area contributed by atoms with Crippen molar-refractivity contribution in [2.45, 2.75) is 78.3 Å². The maximum Gasteiger partial charge on any atom is 0.361 e. The third-order valence-electron chi connectivity index (χ3n) is 5.79. The highest BCUT2D eigenvalue weighted by Gasteiger charge is 2.49. The van der Waals surface area contributed by atoms with E-state index in [4.69, 9.17) is 9.47 Å². The molecule has 178 valence electrons. The lowest BCUT2D eigenvalue weighted by Crippen LogP contribution is -2.46. The monoisotopic (exact) mass is 528 g/mol. The number of carbonyl (C=O) groups is 1. The van der Waals surface area contributed by atoms with E-state index in [-0.39, 0.29) is 23.3 Å². The highest BCUT2D eigenvalue weighted by Crippen LogP contribution is 2.42. The standard InChI is InChI=1S/C22H33BrN4O4S/c1-13(2)31-20(28)16-19(24-14(3)18(23)25-16)27-10-8-22(9-11-27)12-30-15(4)17(22)26-32(29)21(5,6)7/h13,15H,8-12H2,1-7H3/t15-,32?/m0/s1. The van der Waals surface area contributed by atoms with E-state index in [0.29, 0.717) is 35.8 Å². The molecule has 0 aliphatic carbocycles. The van der Waals surface area contributed by atoms with E-state index in [0.717, 1.165) is 18.6 Å². The molecule has 0 amide bonds. The van der Waals surface area contributed by atoms with Gasteiger partial charge in [0.2, 0.25) is 0 Å². The Bertz CT molecular complexity index is 895. The van der Waals surface area contributed by atoms with Gasteiger partial charge in [0.1, 0.15) is 26.4 Å². The normalized spacial score (nSPS) is 23.2. The fourth-order valence-electron chi connectivity index (χ4n) is 3.93. The average molecular weight is 530 g/mol. The molecule has 10 heteroatoms. The Labute approximate surface area is 202 Å². The first-order valence-corrected chi connectivity index (χ1v) is 12.9. The van der Waals surface area contributed by atoms with Crippen LogP contribution in [0.4, 0.5) is 5.82 Å². The van der Waals surface area contributed by atoms with Crippen LogP contribution in [0.3, 0.4) is 0 Å². The van der Waals surface area contributed by atoms with Gasteiger partial charge < -0.3 is 18.9 Å². The molecule has 0 radical (unpaired) electrons. The van der Waals surface area contributed by atoms with E-state index in [1.54, 1.807) is 0 Å². The second-order valence-corrected chi connectivity index (χ2v) is 12.4. The first-order chi connectivity index (χ1) is 14.8. The minimum atomic E-state index is -1.34. The lowest BCUT2D eigenvalue weighted by molar-refractivity contribution is 0.0370. The summed E-state index contributed by atoms with van der Waals surface area (Å²) in [4.78, 5) is 23.9. The van der Waals surface area contributed by atoms with Crippen LogP contribution in [0.15, 0.2) is 9.00 Å². The number of hydrogen-bond acceptors (Lipinski definition) is 8. The van der Waals surface area contributed by atoms with E-state index in [1.165, 1.54) is 0 Å². The molecule has 3 rings (SSSR count). The van der Waals surface area contributed by atoms with E-state index in [1.807, 2.05) is 48.5 Å². The number of carbonyl (C=O) groups excluding carboxylic acids is 1. The Kier molecular flexibility index (Phi) is 7.59. The summed E-state index contributed by atoms with van der Waals surface area (Å²) in [6, 6.07) is 0. The quantitative estimate of drug-likeness (QED) is 0.429. The number of anilines is 1. The van der Waals surface area contributed by atoms with Gasteiger partial charge in [0.15, 0.2) is 11.5 Å². The Balaban J connectivity index is 1.86. The van der Waals surface area contributed by atoms with Crippen LogP contribution in [-0.2, 0) is 20.8 Å². The number of halogens is 1. The number of nitrogens with zero attached hydrogens (tertiary/aromatic N) is 4. The zero-order valence-corrected chi connectivity index (χ0v) is 22.3. The van der Waals surface area contributed by atoms with Crippen molar-refractivity contribution >= 4 is 44.8 Å². The smallest absolute Gasteiger partial charge is 0.361 e. The molecule has 32 heavy (non-hydrogen) atoms. The van der Waals surface area contributed by atoms with E-state index >= 15 is 0 Å². The summed E-state index contributed by atoms with van der Waals surface area (Å²) in [7, 11) is 0. The van der Waals surface area contributed by atoms with Gasteiger partial charge in [-0.25, -0.2) is 14.8 Å². The van der Waals surface area contributed by atoms with Gasteiger partial charge in [-0.1, -0.05) is 4.40 Å². The van der Waals surface area contributed by atoms with Crippen LogP contribution < -0.4 is 4.90 Å². The number of aryl methyl sites for hydroxylation is 1. The number of ether oxygens (including phenoxy) is 2. The lowest BCUT2D eigenvalue weighted by Gasteiger charge is -2.39. The van der Waals surface area contributed by atoms with Crippen molar-refractivity contribution in [3.63, 3.8) is 0 Å². The SMILES string of the molecule is Cc1nc(N2CCC3(CC2)CO[C@@H](C)C3=N[S+]([O-])C(C)(C)C)c(C(=O)OC(C)C)nc1Br. The predicted molar refractivity (Wildman–Crippen MR) is 130 cm³/mol. The van der Waals surface area contributed by atoms with Crippen LogP contribution in [0.25, 0.3) is 0 Å². The molecule has 0 saturated carbocycles. The summed E-state index contributed by atoms with van der Waals surface area (Å²) in [5, 5.41) is 0. The molecule has 1 aromatic heterocycles. The first kappa shape index (κ1) is 25.4. The molecule has 0 N–H and O–H groups in total. The average Bonchev–Trinajstić information content (AvgIpc) is 2.99. The Hall–Kier alpha value is -1.23. The number of aromatic nitrogens is 2. The predicted octanol–water partition coefficient (Wildman–Crippen LogP) is 4.02. The second kappa shape index (κ2) is 9.56. The van der Waals surface area contributed by atoms with Gasteiger partial charge in [-0.05, 0) is 77.2 Å².